The highest BCUT2D eigenvalue weighted by atomic mass is 127. The lowest BCUT2D eigenvalue weighted by atomic mass is 10.2. The van der Waals surface area contributed by atoms with Crippen molar-refractivity contribution in [3.05, 3.63) is 96.9 Å². The summed E-state index contributed by atoms with van der Waals surface area (Å²) in [5.41, 5.74) is 2.33. The van der Waals surface area contributed by atoms with Crippen molar-refractivity contribution in [2.45, 2.75) is 31.6 Å². The lowest BCUT2D eigenvalue weighted by Gasteiger charge is -2.08. The summed E-state index contributed by atoms with van der Waals surface area (Å²) in [6.07, 6.45) is 1.79. The summed E-state index contributed by atoms with van der Waals surface area (Å²) in [6, 6.07) is 20.9. The number of hydrogen-bond donors (Lipinski definition) is 0. The second kappa shape index (κ2) is 9.15. The van der Waals surface area contributed by atoms with Gasteiger partial charge in [0, 0.05) is 0 Å². The van der Waals surface area contributed by atoms with E-state index in [1.807, 2.05) is 48.5 Å². The van der Waals surface area contributed by atoms with Gasteiger partial charge in [0.2, 0.25) is 0 Å². The first-order chi connectivity index (χ1) is 13.4. The summed E-state index contributed by atoms with van der Waals surface area (Å²) in [7, 11) is -4.22. The molecule has 3 rings (SSSR count). The minimum Gasteiger partial charge on any atom is -0.205 e. The Morgan fingerprint density at radius 2 is 1.25 bits per heavy atom. The monoisotopic (exact) mass is 512 g/mol. The summed E-state index contributed by atoms with van der Waals surface area (Å²) in [6.45, 7) is 4.13. The topological polar surface area (TPSA) is 43.4 Å². The minimum atomic E-state index is -4.22. The normalized spacial score (nSPS) is 11.7. The van der Waals surface area contributed by atoms with Crippen LogP contribution in [0, 0.1) is 13.0 Å². The number of halogens is 2. The van der Waals surface area contributed by atoms with Gasteiger partial charge in [-0.3, -0.25) is 0 Å². The van der Waals surface area contributed by atoms with Gasteiger partial charge in [0.1, 0.15) is 10.7 Å². The number of benzene rings is 3. The van der Waals surface area contributed by atoms with Gasteiger partial charge in [-0.1, -0.05) is 50.2 Å². The molecule has 0 aromatic heterocycles. The van der Waals surface area contributed by atoms with Crippen molar-refractivity contribution in [3.8, 4) is 0 Å². The zero-order valence-electron chi connectivity index (χ0n) is 15.7. The average molecular weight is 512 g/mol. The molecule has 3 nitrogen and oxygen atoms in total. The van der Waals surface area contributed by atoms with Gasteiger partial charge in [0.25, 0.3) is 0 Å². The molecule has 6 heteroatoms. The molecule has 0 atom stereocenters. The molecule has 0 aliphatic heterocycles. The molecule has 0 fully saturated rings. The molecule has 0 saturated heterocycles. The molecule has 28 heavy (non-hydrogen) atoms. The lowest BCUT2D eigenvalue weighted by molar-refractivity contribution is -1.03. The summed E-state index contributed by atoms with van der Waals surface area (Å²) >= 11 is -2.80. The van der Waals surface area contributed by atoms with Crippen LogP contribution in [0.1, 0.15) is 25.0 Å². The molecular formula is C22H22FIO3S+. The first kappa shape index (κ1) is 21.0. The predicted molar refractivity (Wildman–Crippen MR) is 104 cm³/mol. The molecule has 0 bridgehead atoms. The third kappa shape index (κ3) is 4.79. The van der Waals surface area contributed by atoms with E-state index in [-0.39, 0.29) is 0 Å². The van der Waals surface area contributed by atoms with Gasteiger partial charge in [0.05, 0.1) is 0 Å². The lowest BCUT2D eigenvalue weighted by Crippen LogP contribution is -3.85. The molecule has 0 N–H and O–H groups in total. The Bertz CT molecular complexity index is 985. The fourth-order valence-corrected chi connectivity index (χ4v) is 9.56. The molecule has 0 unspecified atom stereocenters. The van der Waals surface area contributed by atoms with Gasteiger partial charge in [-0.05, 0) is 62.9 Å². The van der Waals surface area contributed by atoms with Gasteiger partial charge >= 0.3 is 30.4 Å². The van der Waals surface area contributed by atoms with Crippen LogP contribution >= 0.6 is 0 Å². The molecule has 0 spiro atoms. The fraction of sp³-hybridized carbons (Fsp3) is 0.182. The SMILES string of the molecule is CCc1ccc([I+](OS(=O)(=O)c2ccccc2F)c2ccc(CC)cc2)cc1. The zero-order chi connectivity index (χ0) is 20.1. The van der Waals surface area contributed by atoms with Crippen LogP contribution in [0.3, 0.4) is 0 Å². The summed E-state index contributed by atoms with van der Waals surface area (Å²) < 4.78 is 47.2. The zero-order valence-corrected chi connectivity index (χ0v) is 18.7. The highest BCUT2D eigenvalue weighted by Crippen LogP contribution is 2.14. The molecule has 0 aliphatic rings. The Balaban J connectivity index is 2.03. The van der Waals surface area contributed by atoms with Crippen LogP contribution < -0.4 is 20.2 Å². The van der Waals surface area contributed by atoms with Gasteiger partial charge in [-0.2, -0.15) is 8.42 Å². The van der Waals surface area contributed by atoms with Crippen LogP contribution in [0.4, 0.5) is 4.39 Å². The Morgan fingerprint density at radius 1 is 0.786 bits per heavy atom. The van der Waals surface area contributed by atoms with Gasteiger partial charge in [-0.15, -0.1) is 0 Å². The largest absolute Gasteiger partial charge is 0.339 e. The van der Waals surface area contributed by atoms with Crippen LogP contribution in [-0.2, 0) is 25.5 Å². The van der Waals surface area contributed by atoms with Gasteiger partial charge < -0.3 is 0 Å². The van der Waals surface area contributed by atoms with Crippen LogP contribution in [-0.4, -0.2) is 8.42 Å². The van der Waals surface area contributed by atoms with Crippen molar-refractivity contribution >= 4 is 10.1 Å². The third-order valence-electron chi connectivity index (χ3n) is 4.29. The molecule has 1 radical (unpaired) electrons. The van der Waals surface area contributed by atoms with Crippen molar-refractivity contribution in [2.75, 3.05) is 0 Å². The quantitative estimate of drug-likeness (QED) is 0.455. The third-order valence-corrected chi connectivity index (χ3v) is 11.7. The highest BCUT2D eigenvalue weighted by Gasteiger charge is 2.38. The maximum atomic E-state index is 14.1. The first-order valence-corrected chi connectivity index (χ1v) is 13.5. The molecular weight excluding hydrogens is 490 g/mol. The summed E-state index contributed by atoms with van der Waals surface area (Å²) in [4.78, 5) is -0.423. The Labute approximate surface area is 173 Å². The fourth-order valence-electron chi connectivity index (χ4n) is 2.63. The minimum absolute atomic E-state index is 0.423. The molecule has 0 aliphatic carbocycles. The maximum absolute atomic E-state index is 14.1. The number of hydrogen-bond acceptors (Lipinski definition) is 3. The Morgan fingerprint density at radius 3 is 1.68 bits per heavy atom. The van der Waals surface area contributed by atoms with Crippen molar-refractivity contribution in [2.24, 2.45) is 0 Å². The molecule has 147 valence electrons. The summed E-state index contributed by atoms with van der Waals surface area (Å²) in [5, 5.41) is 0. The van der Waals surface area contributed by atoms with Crippen molar-refractivity contribution < 1.29 is 35.6 Å². The van der Waals surface area contributed by atoms with Crippen LogP contribution in [0.2, 0.25) is 0 Å². The molecule has 3 aromatic carbocycles. The van der Waals surface area contributed by atoms with Crippen LogP contribution in [0.25, 0.3) is 0 Å². The first-order valence-electron chi connectivity index (χ1n) is 9.02. The second-order valence-corrected chi connectivity index (χ2v) is 12.6. The van der Waals surface area contributed by atoms with Gasteiger partial charge in [0.15, 0.2) is 7.14 Å². The van der Waals surface area contributed by atoms with Crippen molar-refractivity contribution in [1.82, 2.24) is 0 Å². The smallest absolute Gasteiger partial charge is 0.205 e. The molecule has 0 amide bonds. The number of aryl methyl sites for hydroxylation is 2. The van der Waals surface area contributed by atoms with Crippen LogP contribution in [0.5, 0.6) is 0 Å². The van der Waals surface area contributed by atoms with E-state index >= 15 is 0 Å². The molecule has 0 saturated carbocycles. The predicted octanol–water partition coefficient (Wildman–Crippen LogP) is 1.94. The van der Waals surface area contributed by atoms with Crippen molar-refractivity contribution in [1.29, 1.82) is 0 Å². The molecule has 0 heterocycles. The van der Waals surface area contributed by atoms with E-state index in [2.05, 4.69) is 13.8 Å². The highest BCUT2D eigenvalue weighted by molar-refractivity contribution is 7.86. The van der Waals surface area contributed by atoms with Crippen LogP contribution in [0.15, 0.2) is 77.7 Å². The van der Waals surface area contributed by atoms with E-state index in [1.165, 1.54) is 18.2 Å². The standard InChI is InChI=1S/C22H22FIO3S/c1-3-17-9-13-19(14-10-17)24(20-15-11-18(4-2)12-16-20)27-28(25,26)22-8-6-5-7-21(22)23/h5-16H,3-4H2,1-2H3/q+1. The van der Waals surface area contributed by atoms with E-state index in [0.717, 1.165) is 37.2 Å². The average Bonchev–Trinajstić information content (AvgIpc) is 2.72. The second-order valence-electron chi connectivity index (χ2n) is 6.16. The Hall–Kier alpha value is -1.77. The van der Waals surface area contributed by atoms with E-state index in [1.54, 1.807) is 0 Å². The molecule has 3 aromatic rings. The Kier molecular flexibility index (Phi) is 6.85. The van der Waals surface area contributed by atoms with E-state index in [9.17, 15) is 12.8 Å². The van der Waals surface area contributed by atoms with Crippen molar-refractivity contribution in [3.63, 3.8) is 0 Å². The summed E-state index contributed by atoms with van der Waals surface area (Å²) in [5.74, 6) is -0.805. The maximum Gasteiger partial charge on any atom is 0.339 e. The van der Waals surface area contributed by atoms with E-state index in [4.69, 9.17) is 2.51 Å². The number of rotatable bonds is 7. The van der Waals surface area contributed by atoms with E-state index in [0.29, 0.717) is 0 Å². The van der Waals surface area contributed by atoms with E-state index < -0.39 is 41.1 Å². The van der Waals surface area contributed by atoms with Gasteiger partial charge in [-0.25, -0.2) is 4.39 Å².